The number of carboxylic acid groups (broad SMARTS) is 1. The number of nitrogens with zero attached hydrogens (tertiary/aromatic N) is 4. The lowest BCUT2D eigenvalue weighted by Gasteiger charge is -2.14. The van der Waals surface area contributed by atoms with Gasteiger partial charge in [-0.15, -0.1) is 0 Å². The van der Waals surface area contributed by atoms with E-state index in [1.807, 2.05) is 0 Å². The fraction of sp³-hybridized carbons (Fsp3) is 0.821. The van der Waals surface area contributed by atoms with Crippen LogP contribution in [0.5, 0.6) is 0 Å². The van der Waals surface area contributed by atoms with E-state index in [0.717, 1.165) is 12.8 Å². The maximum atomic E-state index is 11.7. The highest BCUT2D eigenvalue weighted by molar-refractivity contribution is 5.66. The molecule has 3 atom stereocenters. The van der Waals surface area contributed by atoms with Crippen LogP contribution in [0.15, 0.2) is 20.9 Å². The van der Waals surface area contributed by atoms with Crippen molar-refractivity contribution >= 4 is 5.97 Å². The third kappa shape index (κ3) is 14.9. The lowest BCUT2D eigenvalue weighted by atomic mass is 10.0. The van der Waals surface area contributed by atoms with Gasteiger partial charge in [0.25, 0.3) is 5.56 Å². The number of rotatable bonds is 19. The molecule has 1 aromatic rings. The molecule has 1 aromatic heterocycles. The molecule has 11 nitrogen and oxygen atoms in total. The number of unbranched alkanes of at least 4 members (excludes halogenated alkanes) is 14. The molecule has 0 aliphatic carbocycles. The normalized spacial score (nSPS) is 18.3. The Hall–Kier alpha value is -2.62. The number of aryl methyl sites for hydroxylation is 1. The highest BCUT2D eigenvalue weighted by Crippen LogP contribution is 2.29. The summed E-state index contributed by atoms with van der Waals surface area (Å²) in [5.74, 6) is -0.653. The molecule has 11 heteroatoms. The Balaban J connectivity index is 0.000000390. The van der Waals surface area contributed by atoms with Gasteiger partial charge in [-0.3, -0.25) is 19.1 Å². The van der Waals surface area contributed by atoms with Crippen molar-refractivity contribution in [1.29, 1.82) is 0 Å². The molecule has 0 bridgehead atoms. The van der Waals surface area contributed by atoms with Crippen molar-refractivity contribution in [3.8, 4) is 0 Å². The SMILES string of the molecule is CCCCCCCCCCCCCCCCCC(=O)O.Cc1cn([C@H]2C[C@H](N=[N+]=[N-])[C@@H](CO)O2)c(=O)[nH]c1=O. The molecule has 3 N–H and O–H groups in total. The summed E-state index contributed by atoms with van der Waals surface area (Å²) in [6, 6.07) is -0.542. The summed E-state index contributed by atoms with van der Waals surface area (Å²) in [5.41, 5.74) is 7.76. The van der Waals surface area contributed by atoms with Crippen LogP contribution >= 0.6 is 0 Å². The predicted molar refractivity (Wildman–Crippen MR) is 152 cm³/mol. The van der Waals surface area contributed by atoms with E-state index in [-0.39, 0.29) is 13.0 Å². The van der Waals surface area contributed by atoms with E-state index in [4.69, 9.17) is 20.5 Å². The summed E-state index contributed by atoms with van der Waals surface area (Å²) < 4.78 is 6.69. The number of ether oxygens (including phenoxy) is 1. The minimum Gasteiger partial charge on any atom is -0.481 e. The second kappa shape index (κ2) is 21.2. The fourth-order valence-electron chi connectivity index (χ4n) is 4.69. The first-order valence-electron chi connectivity index (χ1n) is 14.7. The molecule has 0 aromatic carbocycles. The molecule has 1 fully saturated rings. The molecule has 1 saturated heterocycles. The van der Waals surface area contributed by atoms with E-state index < -0.39 is 35.6 Å². The van der Waals surface area contributed by atoms with E-state index in [9.17, 15) is 14.4 Å². The molecule has 39 heavy (non-hydrogen) atoms. The number of carbonyl (C=O) groups is 1. The van der Waals surface area contributed by atoms with Crippen molar-refractivity contribution in [3.63, 3.8) is 0 Å². The van der Waals surface area contributed by atoms with Crippen molar-refractivity contribution in [2.45, 2.75) is 141 Å². The highest BCUT2D eigenvalue weighted by Gasteiger charge is 2.35. The number of nitrogens with one attached hydrogen (secondary N) is 1. The molecule has 1 aliphatic rings. The minimum atomic E-state index is -0.671. The van der Waals surface area contributed by atoms with Crippen LogP contribution in [-0.4, -0.2) is 44.5 Å². The van der Waals surface area contributed by atoms with Gasteiger partial charge in [-0.25, -0.2) is 4.79 Å². The molecule has 1 aliphatic heterocycles. The number of aliphatic carboxylic acids is 1. The number of aromatic nitrogens is 2. The lowest BCUT2D eigenvalue weighted by molar-refractivity contribution is -0.137. The van der Waals surface area contributed by atoms with Crippen molar-refractivity contribution in [3.05, 3.63) is 43.0 Å². The number of carboxylic acids is 1. The van der Waals surface area contributed by atoms with Gasteiger partial charge in [-0.1, -0.05) is 102 Å². The van der Waals surface area contributed by atoms with Gasteiger partial charge in [0.2, 0.25) is 0 Å². The van der Waals surface area contributed by atoms with Gasteiger partial charge in [0.15, 0.2) is 0 Å². The molecule has 0 amide bonds. The average Bonchev–Trinajstić information content (AvgIpc) is 3.31. The van der Waals surface area contributed by atoms with Crippen LogP contribution < -0.4 is 11.2 Å². The number of hydrogen-bond donors (Lipinski definition) is 3. The molecule has 222 valence electrons. The Bertz CT molecular complexity index is 972. The first-order chi connectivity index (χ1) is 18.8. The number of azide groups is 1. The van der Waals surface area contributed by atoms with E-state index in [0.29, 0.717) is 12.0 Å². The Morgan fingerprint density at radius 2 is 1.54 bits per heavy atom. The van der Waals surface area contributed by atoms with E-state index in [2.05, 4.69) is 21.9 Å². The maximum absolute atomic E-state index is 11.7. The van der Waals surface area contributed by atoms with Crippen LogP contribution in [0.3, 0.4) is 0 Å². The Kier molecular flexibility index (Phi) is 18.7. The summed E-state index contributed by atoms with van der Waals surface area (Å²) in [5, 5.41) is 21.2. The third-order valence-corrected chi connectivity index (χ3v) is 7.03. The van der Waals surface area contributed by atoms with Gasteiger partial charge >= 0.3 is 11.7 Å². The standard InChI is InChI=1S/C18H36O2.C10H13N5O4/c1-2-3-4-5-6-7-8-9-10-11-12-13-14-15-16-17-18(19)20;1-5-3-15(10(18)12-9(5)17)8-2-6(13-14-11)7(4-16)19-8/h2-17H2,1H3,(H,19,20);3,6-8,16H,2,4H2,1H3,(H,12,17,18)/t;6-,7+,8+/m.0/s1. The van der Waals surface area contributed by atoms with Gasteiger partial charge < -0.3 is 14.9 Å². The summed E-state index contributed by atoms with van der Waals surface area (Å²) >= 11 is 0. The smallest absolute Gasteiger partial charge is 0.330 e. The number of H-pyrrole nitrogens is 1. The second-order valence-electron chi connectivity index (χ2n) is 10.4. The Morgan fingerprint density at radius 3 is 2.00 bits per heavy atom. The zero-order valence-corrected chi connectivity index (χ0v) is 23.9. The lowest BCUT2D eigenvalue weighted by Crippen LogP contribution is -2.33. The number of aliphatic hydroxyl groups excluding tert-OH is 1. The summed E-state index contributed by atoms with van der Waals surface area (Å²) in [7, 11) is 0. The van der Waals surface area contributed by atoms with Crippen LogP contribution in [0.2, 0.25) is 0 Å². The average molecular weight is 552 g/mol. The van der Waals surface area contributed by atoms with Crippen molar-refractivity contribution in [1.82, 2.24) is 9.55 Å². The molecule has 0 saturated carbocycles. The summed E-state index contributed by atoms with van der Waals surface area (Å²) in [4.78, 5) is 38.2. The summed E-state index contributed by atoms with van der Waals surface area (Å²) in [6.45, 7) is 3.53. The van der Waals surface area contributed by atoms with Gasteiger partial charge in [0.1, 0.15) is 6.23 Å². The van der Waals surface area contributed by atoms with Crippen LogP contribution in [0, 0.1) is 6.92 Å². The largest absolute Gasteiger partial charge is 0.481 e. The predicted octanol–water partition coefficient (Wildman–Crippen LogP) is 6.14. The Labute approximate surface area is 231 Å². The molecule has 0 spiro atoms. The van der Waals surface area contributed by atoms with Gasteiger partial charge in [0.05, 0.1) is 18.8 Å². The van der Waals surface area contributed by atoms with Gasteiger partial charge in [0, 0.05) is 29.5 Å². The van der Waals surface area contributed by atoms with E-state index in [1.54, 1.807) is 6.92 Å². The second-order valence-corrected chi connectivity index (χ2v) is 10.4. The van der Waals surface area contributed by atoms with Crippen molar-refractivity contribution in [2.75, 3.05) is 6.61 Å². The molecule has 0 radical (unpaired) electrons. The molecular weight excluding hydrogens is 502 g/mol. The first kappa shape index (κ1) is 34.4. The van der Waals surface area contributed by atoms with Gasteiger partial charge in [-0.2, -0.15) is 0 Å². The third-order valence-electron chi connectivity index (χ3n) is 7.03. The highest BCUT2D eigenvalue weighted by atomic mass is 16.5. The maximum Gasteiger partial charge on any atom is 0.330 e. The van der Waals surface area contributed by atoms with Crippen molar-refractivity contribution in [2.24, 2.45) is 5.11 Å². The molecule has 2 rings (SSSR count). The molecule has 0 unspecified atom stereocenters. The topological polar surface area (TPSA) is 170 Å². The van der Waals surface area contributed by atoms with Crippen LogP contribution in [0.4, 0.5) is 0 Å². The van der Waals surface area contributed by atoms with E-state index in [1.165, 1.54) is 94.2 Å². The number of hydrogen-bond acceptors (Lipinski definition) is 6. The molecule has 2 heterocycles. The first-order valence-corrected chi connectivity index (χ1v) is 14.7. The van der Waals surface area contributed by atoms with Gasteiger partial charge in [-0.05, 0) is 18.9 Å². The van der Waals surface area contributed by atoms with E-state index >= 15 is 0 Å². The summed E-state index contributed by atoms with van der Waals surface area (Å²) in [6.07, 6.45) is 20.5. The quantitative estimate of drug-likeness (QED) is 0.0807. The van der Waals surface area contributed by atoms with Crippen LogP contribution in [0.1, 0.15) is 128 Å². The number of aromatic amines is 1. The monoisotopic (exact) mass is 551 g/mol. The van der Waals surface area contributed by atoms with Crippen molar-refractivity contribution < 1.29 is 19.7 Å². The molecular formula is C28H49N5O6. The zero-order valence-electron chi connectivity index (χ0n) is 23.9. The van der Waals surface area contributed by atoms with Crippen LogP contribution in [-0.2, 0) is 9.53 Å². The minimum absolute atomic E-state index is 0.265. The van der Waals surface area contributed by atoms with Crippen LogP contribution in [0.25, 0.3) is 10.4 Å². The fourth-order valence-corrected chi connectivity index (χ4v) is 4.69. The zero-order chi connectivity index (χ0) is 28.9. The Morgan fingerprint density at radius 1 is 1.03 bits per heavy atom. The number of aliphatic hydroxyl groups is 1.